The monoisotopic (exact) mass is 415 g/mol. The number of nitrogens with zero attached hydrogens (tertiary/aromatic N) is 1. The lowest BCUT2D eigenvalue weighted by molar-refractivity contribution is -0.204. The Morgan fingerprint density at radius 2 is 1.86 bits per heavy atom. The van der Waals surface area contributed by atoms with Crippen LogP contribution in [0.3, 0.4) is 0 Å². The highest BCUT2D eigenvalue weighted by atomic mass is 35.5. The average molecular weight is 416 g/mol. The Kier molecular flexibility index (Phi) is 6.50. The highest BCUT2D eigenvalue weighted by molar-refractivity contribution is 6.31. The number of hydrogen-bond donors (Lipinski definition) is 2. The van der Waals surface area contributed by atoms with Crippen LogP contribution >= 0.6 is 11.6 Å². The van der Waals surface area contributed by atoms with Gasteiger partial charge in [-0.1, -0.05) is 23.7 Å². The fourth-order valence-corrected chi connectivity index (χ4v) is 2.50. The molecular formula is C18H17ClF3N3O3. The second-order valence-corrected chi connectivity index (χ2v) is 6.16. The van der Waals surface area contributed by atoms with E-state index in [1.54, 1.807) is 18.3 Å². The van der Waals surface area contributed by atoms with Crippen molar-refractivity contribution >= 4 is 29.3 Å². The summed E-state index contributed by atoms with van der Waals surface area (Å²) in [6, 6.07) is 9.54. The Hall–Kier alpha value is -2.81. The van der Waals surface area contributed by atoms with Gasteiger partial charge in [-0.25, -0.2) is 9.78 Å². The van der Waals surface area contributed by atoms with Crippen LogP contribution in [0, 0.1) is 6.92 Å². The highest BCUT2D eigenvalue weighted by Crippen LogP contribution is 2.33. The van der Waals surface area contributed by atoms with E-state index in [9.17, 15) is 22.8 Å². The molecule has 1 heterocycles. The molecule has 2 rings (SSSR count). The number of anilines is 1. The number of ether oxygens (including phenoxy) is 1. The van der Waals surface area contributed by atoms with Gasteiger partial charge in [0.05, 0.1) is 6.61 Å². The molecule has 2 N–H and O–H groups in total. The predicted molar refractivity (Wildman–Crippen MR) is 96.9 cm³/mol. The molecule has 0 bridgehead atoms. The molecule has 28 heavy (non-hydrogen) atoms. The summed E-state index contributed by atoms with van der Waals surface area (Å²) in [6.07, 6.45) is -5.25. The first kappa shape index (κ1) is 21.5. The number of nitrogens with one attached hydrogen (secondary N) is 2. The number of esters is 1. The largest absolute Gasteiger partial charge is 0.463 e. The lowest BCUT2D eigenvalue weighted by Crippen LogP contribution is -2.69. The molecule has 1 aromatic heterocycles. The van der Waals surface area contributed by atoms with E-state index < -0.39 is 23.7 Å². The van der Waals surface area contributed by atoms with Gasteiger partial charge in [0.25, 0.3) is 5.91 Å². The van der Waals surface area contributed by atoms with E-state index in [0.29, 0.717) is 5.69 Å². The quantitative estimate of drug-likeness (QED) is 0.555. The third-order valence-corrected chi connectivity index (χ3v) is 3.83. The second-order valence-electron chi connectivity index (χ2n) is 5.72. The summed E-state index contributed by atoms with van der Waals surface area (Å²) in [5.74, 6) is -3.16. The number of amides is 1. The van der Waals surface area contributed by atoms with E-state index in [1.807, 2.05) is 5.32 Å². The van der Waals surface area contributed by atoms with Crippen LogP contribution in [-0.2, 0) is 9.53 Å². The lowest BCUT2D eigenvalue weighted by Gasteiger charge is -2.35. The molecule has 0 spiro atoms. The van der Waals surface area contributed by atoms with Crippen LogP contribution in [0.2, 0.25) is 5.02 Å². The predicted octanol–water partition coefficient (Wildman–Crippen LogP) is 3.71. The molecule has 1 aromatic carbocycles. The SMILES string of the molecule is CCOC(=O)[C@](NC(=O)c1cccc(Cl)c1)(Nc1cccc(C)n1)C(F)(F)F. The first-order valence-electron chi connectivity index (χ1n) is 8.13. The van der Waals surface area contributed by atoms with E-state index >= 15 is 0 Å². The van der Waals surface area contributed by atoms with Crippen LogP contribution in [0.25, 0.3) is 0 Å². The maximum atomic E-state index is 14.1. The van der Waals surface area contributed by atoms with Gasteiger partial charge in [-0.15, -0.1) is 0 Å². The van der Waals surface area contributed by atoms with Gasteiger partial charge in [-0.3, -0.25) is 4.79 Å². The van der Waals surface area contributed by atoms with Crippen molar-refractivity contribution in [1.82, 2.24) is 10.3 Å². The molecule has 0 unspecified atom stereocenters. The van der Waals surface area contributed by atoms with Gasteiger partial charge in [0.1, 0.15) is 5.82 Å². The molecule has 2 aromatic rings. The van der Waals surface area contributed by atoms with Crippen molar-refractivity contribution in [1.29, 1.82) is 0 Å². The number of halogens is 4. The Morgan fingerprint density at radius 1 is 1.18 bits per heavy atom. The van der Waals surface area contributed by atoms with Gasteiger partial charge in [-0.2, -0.15) is 13.2 Å². The van der Waals surface area contributed by atoms with Crippen molar-refractivity contribution < 1.29 is 27.5 Å². The fourth-order valence-electron chi connectivity index (χ4n) is 2.31. The molecule has 150 valence electrons. The fraction of sp³-hybridized carbons (Fsp3) is 0.278. The lowest BCUT2D eigenvalue weighted by atomic mass is 10.1. The van der Waals surface area contributed by atoms with E-state index in [2.05, 4.69) is 9.72 Å². The molecule has 0 saturated carbocycles. The molecule has 10 heteroatoms. The maximum absolute atomic E-state index is 14.1. The number of hydrogen-bond acceptors (Lipinski definition) is 5. The first-order chi connectivity index (χ1) is 13.1. The number of carbonyl (C=O) groups excluding carboxylic acids is 2. The maximum Gasteiger partial charge on any atom is 0.441 e. The van der Waals surface area contributed by atoms with E-state index in [0.717, 1.165) is 0 Å². The molecule has 0 saturated heterocycles. The van der Waals surface area contributed by atoms with Gasteiger partial charge in [-0.05, 0) is 44.2 Å². The third kappa shape index (κ3) is 4.72. The van der Waals surface area contributed by atoms with Crippen molar-refractivity contribution in [2.75, 3.05) is 11.9 Å². The molecule has 0 radical (unpaired) electrons. The Balaban J connectivity index is 2.52. The van der Waals surface area contributed by atoms with Crippen molar-refractivity contribution in [2.45, 2.75) is 25.7 Å². The van der Waals surface area contributed by atoms with E-state index in [1.165, 1.54) is 43.3 Å². The zero-order valence-electron chi connectivity index (χ0n) is 14.9. The normalized spacial score (nSPS) is 13.4. The zero-order chi connectivity index (χ0) is 20.9. The molecule has 0 aliphatic carbocycles. The molecule has 1 atom stereocenters. The summed E-state index contributed by atoms with van der Waals surface area (Å²) >= 11 is 5.79. The zero-order valence-corrected chi connectivity index (χ0v) is 15.7. The molecule has 0 aliphatic heterocycles. The Labute approximate surface area is 164 Å². The van der Waals surface area contributed by atoms with Crippen LogP contribution in [0.5, 0.6) is 0 Å². The first-order valence-corrected chi connectivity index (χ1v) is 8.50. The summed E-state index contributed by atoms with van der Waals surface area (Å²) in [6.45, 7) is 2.59. The van der Waals surface area contributed by atoms with Gasteiger partial charge in [0.2, 0.25) is 0 Å². The van der Waals surface area contributed by atoms with Gasteiger partial charge < -0.3 is 15.4 Å². The highest BCUT2D eigenvalue weighted by Gasteiger charge is 2.64. The minimum atomic E-state index is -5.25. The minimum absolute atomic E-state index is 0.148. The number of pyridine rings is 1. The van der Waals surface area contributed by atoms with Crippen LogP contribution < -0.4 is 10.6 Å². The van der Waals surface area contributed by atoms with Crippen LogP contribution in [0.1, 0.15) is 23.0 Å². The van der Waals surface area contributed by atoms with Crippen molar-refractivity contribution in [2.24, 2.45) is 0 Å². The Morgan fingerprint density at radius 3 is 2.43 bits per heavy atom. The number of rotatable bonds is 6. The number of benzene rings is 1. The van der Waals surface area contributed by atoms with Crippen LogP contribution in [0.4, 0.5) is 19.0 Å². The number of alkyl halides is 3. The molecule has 0 fully saturated rings. The minimum Gasteiger partial charge on any atom is -0.463 e. The molecule has 1 amide bonds. The van der Waals surface area contributed by atoms with Crippen molar-refractivity contribution in [3.8, 4) is 0 Å². The molecule has 6 nitrogen and oxygen atoms in total. The third-order valence-electron chi connectivity index (χ3n) is 3.60. The summed E-state index contributed by atoms with van der Waals surface area (Å²) in [7, 11) is 0. The van der Waals surface area contributed by atoms with E-state index in [4.69, 9.17) is 11.6 Å². The number of aromatic nitrogens is 1. The van der Waals surface area contributed by atoms with Crippen molar-refractivity contribution in [3.63, 3.8) is 0 Å². The molecular weight excluding hydrogens is 399 g/mol. The summed E-state index contributed by atoms with van der Waals surface area (Å²) < 4.78 is 46.8. The summed E-state index contributed by atoms with van der Waals surface area (Å²) in [5.41, 5.74) is -3.31. The smallest absolute Gasteiger partial charge is 0.441 e. The Bertz CT molecular complexity index is 876. The van der Waals surface area contributed by atoms with Gasteiger partial charge in [0.15, 0.2) is 0 Å². The number of carbonyl (C=O) groups is 2. The standard InChI is InChI=1S/C18H17ClF3N3O3/c1-3-28-16(27)17(18(20,21)22,24-14-9-4-6-11(2)23-14)25-15(26)12-7-5-8-13(19)10-12/h4-10H,3H2,1-2H3,(H,23,24)(H,25,26)/t17-/m1/s1. The van der Waals surface area contributed by atoms with Gasteiger partial charge >= 0.3 is 17.8 Å². The topological polar surface area (TPSA) is 80.3 Å². The average Bonchev–Trinajstić information content (AvgIpc) is 2.60. The van der Waals surface area contributed by atoms with Crippen molar-refractivity contribution in [3.05, 3.63) is 58.7 Å². The summed E-state index contributed by atoms with van der Waals surface area (Å²) in [4.78, 5) is 28.8. The van der Waals surface area contributed by atoms with E-state index in [-0.39, 0.29) is 23.0 Å². The second kappa shape index (κ2) is 8.47. The van der Waals surface area contributed by atoms with Crippen LogP contribution in [-0.4, -0.2) is 35.3 Å². The van der Waals surface area contributed by atoms with Crippen LogP contribution in [0.15, 0.2) is 42.5 Å². The summed E-state index contributed by atoms with van der Waals surface area (Å²) in [5, 5.41) is 3.86. The number of aryl methyl sites for hydroxylation is 1. The molecule has 0 aliphatic rings. The van der Waals surface area contributed by atoms with Gasteiger partial charge in [0, 0.05) is 16.3 Å².